The number of fused-ring (bicyclic) bond motifs is 1. The zero-order chi connectivity index (χ0) is 22.9. The van der Waals surface area contributed by atoms with E-state index in [4.69, 9.17) is 11.6 Å². The number of hydrogen-bond donors (Lipinski definition) is 2. The summed E-state index contributed by atoms with van der Waals surface area (Å²) < 4.78 is 43.9. The van der Waals surface area contributed by atoms with Gasteiger partial charge in [-0.1, -0.05) is 23.7 Å². The van der Waals surface area contributed by atoms with E-state index in [-0.39, 0.29) is 28.8 Å². The molecule has 164 valence electrons. The summed E-state index contributed by atoms with van der Waals surface area (Å²) in [6.07, 6.45) is -2.32. The van der Waals surface area contributed by atoms with Crippen LogP contribution >= 0.6 is 11.6 Å². The number of alkyl halides is 3. The first kappa shape index (κ1) is 21.7. The molecule has 4 rings (SSSR count). The van der Waals surface area contributed by atoms with Crippen molar-refractivity contribution in [2.75, 3.05) is 5.32 Å². The third-order valence-corrected chi connectivity index (χ3v) is 5.23. The first-order valence-electron chi connectivity index (χ1n) is 9.58. The molecule has 0 atom stereocenters. The number of benzene rings is 2. The summed E-state index contributed by atoms with van der Waals surface area (Å²) in [4.78, 5) is 16.5. The molecule has 0 aliphatic rings. The van der Waals surface area contributed by atoms with E-state index in [1.807, 2.05) is 0 Å². The second-order valence-electron chi connectivity index (χ2n) is 7.20. The van der Waals surface area contributed by atoms with Gasteiger partial charge < -0.3 is 15.0 Å². The number of phenolic OH excluding ortho intramolecular Hbond substituents is 1. The van der Waals surface area contributed by atoms with Crippen LogP contribution in [0.1, 0.15) is 16.8 Å². The second-order valence-corrected chi connectivity index (χ2v) is 7.64. The molecule has 0 radical (unpaired) electrons. The molecule has 0 aliphatic carbocycles. The maximum Gasteiger partial charge on any atom is 0.431 e. The van der Waals surface area contributed by atoms with Crippen LogP contribution in [0, 0.1) is 0 Å². The molecule has 2 N–H and O–H groups in total. The number of amides is 1. The normalized spacial score (nSPS) is 11.6. The Bertz CT molecular complexity index is 1270. The van der Waals surface area contributed by atoms with E-state index < -0.39 is 24.2 Å². The van der Waals surface area contributed by atoms with Crippen molar-refractivity contribution in [3.63, 3.8) is 0 Å². The van der Waals surface area contributed by atoms with Crippen LogP contribution < -0.4 is 5.32 Å². The molecule has 9 heteroatoms. The molecule has 5 nitrogen and oxygen atoms in total. The van der Waals surface area contributed by atoms with E-state index in [1.54, 1.807) is 24.3 Å². The maximum atomic E-state index is 14.2. The Balaban J connectivity index is 1.82. The summed E-state index contributed by atoms with van der Waals surface area (Å²) in [6.45, 7) is -0.0841. The summed E-state index contributed by atoms with van der Waals surface area (Å²) in [5.41, 5.74) is 0.155. The summed E-state index contributed by atoms with van der Waals surface area (Å²) >= 11 is 5.90. The smallest absolute Gasteiger partial charge is 0.431 e. The molecule has 2 heterocycles. The number of halogens is 4. The van der Waals surface area contributed by atoms with Crippen LogP contribution in [0.4, 0.5) is 18.9 Å². The molecular weight excluding hydrogens is 443 g/mol. The maximum absolute atomic E-state index is 14.2. The topological polar surface area (TPSA) is 67.2 Å². The van der Waals surface area contributed by atoms with Crippen molar-refractivity contribution >= 4 is 34.1 Å². The molecule has 0 aliphatic heterocycles. The highest BCUT2D eigenvalue weighted by atomic mass is 35.5. The first-order valence-corrected chi connectivity index (χ1v) is 9.96. The highest BCUT2D eigenvalue weighted by Crippen LogP contribution is 2.40. The second kappa shape index (κ2) is 8.55. The Hall–Kier alpha value is -3.52. The SMILES string of the molecule is O=C(Cc1c(C(F)(F)F)n(Cc2ccc(Cl)cc2)c2ccc(O)cc12)Nc1ccncc1. The van der Waals surface area contributed by atoms with Crippen molar-refractivity contribution in [1.29, 1.82) is 0 Å². The number of nitrogens with one attached hydrogen (secondary N) is 1. The number of hydrogen-bond acceptors (Lipinski definition) is 3. The van der Waals surface area contributed by atoms with Crippen molar-refractivity contribution in [2.45, 2.75) is 19.1 Å². The van der Waals surface area contributed by atoms with Crippen molar-refractivity contribution in [1.82, 2.24) is 9.55 Å². The minimum absolute atomic E-state index is 0.0841. The largest absolute Gasteiger partial charge is 0.508 e. The zero-order valence-electron chi connectivity index (χ0n) is 16.5. The van der Waals surface area contributed by atoms with Gasteiger partial charge in [-0.2, -0.15) is 13.2 Å². The lowest BCUT2D eigenvalue weighted by atomic mass is 10.1. The van der Waals surface area contributed by atoms with E-state index in [2.05, 4.69) is 10.3 Å². The van der Waals surface area contributed by atoms with Gasteiger partial charge in [0.05, 0.1) is 6.42 Å². The third kappa shape index (κ3) is 4.55. The molecule has 4 aromatic rings. The lowest BCUT2D eigenvalue weighted by Gasteiger charge is -2.15. The Kier molecular flexibility index (Phi) is 5.80. The van der Waals surface area contributed by atoms with Crippen LogP contribution in [-0.4, -0.2) is 20.6 Å². The number of pyridine rings is 1. The van der Waals surface area contributed by atoms with E-state index in [0.717, 1.165) is 4.57 Å². The van der Waals surface area contributed by atoms with Crippen molar-refractivity contribution in [2.24, 2.45) is 0 Å². The van der Waals surface area contributed by atoms with E-state index in [1.165, 1.54) is 42.7 Å². The van der Waals surface area contributed by atoms with Crippen molar-refractivity contribution in [3.05, 3.63) is 88.8 Å². The average molecular weight is 460 g/mol. The molecule has 0 bridgehead atoms. The van der Waals surface area contributed by atoms with Gasteiger partial charge >= 0.3 is 6.18 Å². The lowest BCUT2D eigenvalue weighted by molar-refractivity contribution is -0.143. The van der Waals surface area contributed by atoms with Gasteiger partial charge in [0.25, 0.3) is 0 Å². The van der Waals surface area contributed by atoms with Gasteiger partial charge in [0.2, 0.25) is 5.91 Å². The van der Waals surface area contributed by atoms with Crippen LogP contribution in [0.2, 0.25) is 5.02 Å². The summed E-state index contributed by atoms with van der Waals surface area (Å²) in [7, 11) is 0. The number of anilines is 1. The number of carbonyl (C=O) groups excluding carboxylic acids is 1. The van der Waals surface area contributed by atoms with Crippen molar-refractivity contribution < 1.29 is 23.1 Å². The van der Waals surface area contributed by atoms with Crippen molar-refractivity contribution in [3.8, 4) is 5.75 Å². The standard InChI is InChI=1S/C23H17ClF3N3O2/c24-15-3-1-14(2-4-15)13-30-20-6-5-17(31)11-18(20)19(22(30)23(25,26)27)12-21(32)29-16-7-9-28-10-8-16/h1-11,31H,12-13H2,(H,28,29,32). The first-order chi connectivity index (χ1) is 15.2. The molecule has 1 amide bonds. The molecule has 32 heavy (non-hydrogen) atoms. The third-order valence-electron chi connectivity index (χ3n) is 4.98. The Morgan fingerprint density at radius 3 is 2.41 bits per heavy atom. The number of phenols is 1. The Labute approximate surface area is 186 Å². The highest BCUT2D eigenvalue weighted by Gasteiger charge is 2.39. The van der Waals surface area contributed by atoms with Crippen LogP contribution in [0.15, 0.2) is 67.0 Å². The zero-order valence-corrected chi connectivity index (χ0v) is 17.3. The Morgan fingerprint density at radius 2 is 1.75 bits per heavy atom. The predicted molar refractivity (Wildman–Crippen MR) is 116 cm³/mol. The summed E-state index contributed by atoms with van der Waals surface area (Å²) in [6, 6.07) is 13.6. The minimum Gasteiger partial charge on any atom is -0.508 e. The molecule has 2 aromatic heterocycles. The molecule has 0 spiro atoms. The number of nitrogens with zero attached hydrogens (tertiary/aromatic N) is 2. The average Bonchev–Trinajstić information content (AvgIpc) is 3.03. The van der Waals surface area contributed by atoms with Gasteiger partial charge in [-0.3, -0.25) is 9.78 Å². The fourth-order valence-corrected chi connectivity index (χ4v) is 3.78. The van der Waals surface area contributed by atoms with E-state index in [9.17, 15) is 23.1 Å². The lowest BCUT2D eigenvalue weighted by Crippen LogP contribution is -2.20. The molecular formula is C23H17ClF3N3O2. The minimum atomic E-state index is -4.73. The van der Waals surface area contributed by atoms with Gasteiger partial charge in [-0.05, 0) is 53.6 Å². The van der Waals surface area contributed by atoms with Gasteiger partial charge in [0.15, 0.2) is 0 Å². The van der Waals surface area contributed by atoms with E-state index in [0.29, 0.717) is 16.3 Å². The number of aromatic nitrogens is 2. The Morgan fingerprint density at radius 1 is 1.06 bits per heavy atom. The van der Waals surface area contributed by atoms with Gasteiger partial charge in [0, 0.05) is 40.6 Å². The van der Waals surface area contributed by atoms with Crippen LogP contribution in [0.25, 0.3) is 10.9 Å². The fraction of sp³-hybridized carbons (Fsp3) is 0.130. The quantitative estimate of drug-likeness (QED) is 0.405. The molecule has 0 unspecified atom stereocenters. The molecule has 0 saturated carbocycles. The molecule has 0 fully saturated rings. The monoisotopic (exact) mass is 459 g/mol. The molecule has 0 saturated heterocycles. The summed E-state index contributed by atoms with van der Waals surface area (Å²) in [5.74, 6) is -0.804. The van der Waals surface area contributed by atoms with Gasteiger partial charge in [-0.25, -0.2) is 0 Å². The number of rotatable bonds is 5. The fourth-order valence-electron chi connectivity index (χ4n) is 3.65. The number of carbonyl (C=O) groups is 1. The highest BCUT2D eigenvalue weighted by molar-refractivity contribution is 6.30. The predicted octanol–water partition coefficient (Wildman–Crippen LogP) is 5.64. The van der Waals surface area contributed by atoms with E-state index >= 15 is 0 Å². The summed E-state index contributed by atoms with van der Waals surface area (Å²) in [5, 5.41) is 13.2. The van der Waals surface area contributed by atoms with Crippen LogP contribution in [0.3, 0.4) is 0 Å². The van der Waals surface area contributed by atoms with Crippen LogP contribution in [-0.2, 0) is 23.9 Å². The number of aromatic hydroxyl groups is 1. The molecule has 2 aromatic carbocycles. The van der Waals surface area contributed by atoms with Gasteiger partial charge in [0.1, 0.15) is 11.4 Å². The van der Waals surface area contributed by atoms with Crippen LogP contribution in [0.5, 0.6) is 5.75 Å². The van der Waals surface area contributed by atoms with Gasteiger partial charge in [-0.15, -0.1) is 0 Å².